The average molecular weight is 500 g/mol. The maximum atomic E-state index is 13.7. The van der Waals surface area contributed by atoms with Crippen molar-refractivity contribution in [3.8, 4) is 0 Å². The van der Waals surface area contributed by atoms with E-state index in [1.807, 2.05) is 23.6 Å². The summed E-state index contributed by atoms with van der Waals surface area (Å²) < 4.78 is 10.8. The second kappa shape index (κ2) is 10.2. The van der Waals surface area contributed by atoms with Crippen molar-refractivity contribution < 1.29 is 18.7 Å². The first-order valence-corrected chi connectivity index (χ1v) is 13.1. The Labute approximate surface area is 211 Å². The first-order chi connectivity index (χ1) is 17.4. The molecule has 196 valence electrons. The van der Waals surface area contributed by atoms with Crippen LogP contribution in [0.4, 0.5) is 10.6 Å². The minimum absolute atomic E-state index is 0.0264. The lowest BCUT2D eigenvalue weighted by molar-refractivity contribution is 0.0127. The number of aromatic amines is 1. The molecule has 2 fully saturated rings. The summed E-state index contributed by atoms with van der Waals surface area (Å²) in [6.07, 6.45) is 4.20. The van der Waals surface area contributed by atoms with Crippen LogP contribution in [0.1, 0.15) is 74.2 Å². The quantitative estimate of drug-likeness (QED) is 0.649. The van der Waals surface area contributed by atoms with Gasteiger partial charge in [0.2, 0.25) is 0 Å². The Balaban J connectivity index is 1.22. The molecule has 3 aliphatic heterocycles. The molecular weight excluding hydrogens is 462 g/mol. The summed E-state index contributed by atoms with van der Waals surface area (Å²) >= 11 is 0. The monoisotopic (exact) mass is 499 g/mol. The van der Waals surface area contributed by atoms with E-state index < -0.39 is 0 Å². The van der Waals surface area contributed by atoms with Crippen molar-refractivity contribution in [1.82, 2.24) is 29.9 Å². The van der Waals surface area contributed by atoms with E-state index in [0.717, 1.165) is 50.4 Å². The molecule has 5 rings (SSSR count). The van der Waals surface area contributed by atoms with E-state index in [9.17, 15) is 9.59 Å². The van der Waals surface area contributed by atoms with Crippen molar-refractivity contribution >= 4 is 17.8 Å². The highest BCUT2D eigenvalue weighted by Gasteiger charge is 2.41. The third kappa shape index (κ3) is 4.73. The number of carbonyl (C=O) groups excluding carboxylic acids is 2. The molecule has 2 aromatic heterocycles. The number of hydrogen-bond acceptors (Lipinski definition) is 7. The van der Waals surface area contributed by atoms with Gasteiger partial charge >= 0.3 is 6.03 Å². The van der Waals surface area contributed by atoms with Crippen LogP contribution >= 0.6 is 0 Å². The zero-order valence-electron chi connectivity index (χ0n) is 21.6. The number of fused-ring (bicyclic) bond motifs is 1. The topological polar surface area (TPSA) is 120 Å². The first-order valence-electron chi connectivity index (χ1n) is 13.1. The number of anilines is 1. The van der Waals surface area contributed by atoms with Crippen LogP contribution in [-0.4, -0.2) is 86.8 Å². The average Bonchev–Trinajstić information content (AvgIpc) is 3.59. The Bertz CT molecular complexity index is 1090. The highest BCUT2D eigenvalue weighted by molar-refractivity contribution is 6.02. The molecule has 11 nitrogen and oxygen atoms in total. The van der Waals surface area contributed by atoms with E-state index in [4.69, 9.17) is 9.15 Å². The van der Waals surface area contributed by atoms with Gasteiger partial charge in [-0.3, -0.25) is 14.8 Å². The Morgan fingerprint density at radius 1 is 1.14 bits per heavy atom. The van der Waals surface area contributed by atoms with E-state index >= 15 is 0 Å². The van der Waals surface area contributed by atoms with Crippen molar-refractivity contribution in [3.05, 3.63) is 29.1 Å². The largest absolute Gasteiger partial charge is 0.448 e. The first kappa shape index (κ1) is 24.8. The standard InChI is InChI=1S/C25H37N7O4/c1-5-21-26-20(14-36-21)24(33)27-23-19-13-32(17(4)22(19)28-29-23)25(34)31-11-15(2)30(10-16(31)3)12-18-6-8-35-9-7-18/h14-18H,5-13H2,1-4H3,(H2,27,28,29,33). The number of oxazole rings is 1. The smallest absolute Gasteiger partial charge is 0.321 e. The second-order valence-corrected chi connectivity index (χ2v) is 10.3. The van der Waals surface area contributed by atoms with Gasteiger partial charge in [-0.05, 0) is 39.5 Å². The number of H-pyrrole nitrogens is 1. The van der Waals surface area contributed by atoms with Gasteiger partial charge in [-0.15, -0.1) is 0 Å². The normalized spacial score (nSPS) is 25.3. The Morgan fingerprint density at radius 3 is 2.64 bits per heavy atom. The third-order valence-corrected chi connectivity index (χ3v) is 7.87. The van der Waals surface area contributed by atoms with Crippen molar-refractivity contribution in [2.75, 3.05) is 38.2 Å². The fourth-order valence-electron chi connectivity index (χ4n) is 5.58. The Hall–Kier alpha value is -2.92. The molecule has 0 radical (unpaired) electrons. The zero-order valence-corrected chi connectivity index (χ0v) is 21.6. The van der Waals surface area contributed by atoms with E-state index in [1.54, 1.807) is 0 Å². The van der Waals surface area contributed by atoms with Gasteiger partial charge in [-0.2, -0.15) is 5.10 Å². The predicted octanol–water partition coefficient (Wildman–Crippen LogP) is 3.03. The van der Waals surface area contributed by atoms with Crippen LogP contribution in [0.5, 0.6) is 0 Å². The number of nitrogens with one attached hydrogen (secondary N) is 2. The number of piperazine rings is 1. The van der Waals surface area contributed by atoms with Gasteiger partial charge < -0.3 is 24.3 Å². The SMILES string of the molecule is CCc1nc(C(=O)Nc2n[nH]c3c2CN(C(=O)N2CC(C)N(CC4CCOCC4)CC2C)C3C)co1. The molecule has 3 aliphatic rings. The van der Waals surface area contributed by atoms with Crippen molar-refractivity contribution in [3.63, 3.8) is 0 Å². The lowest BCUT2D eigenvalue weighted by atomic mass is 9.97. The Morgan fingerprint density at radius 2 is 1.92 bits per heavy atom. The maximum Gasteiger partial charge on any atom is 0.321 e. The van der Waals surface area contributed by atoms with Crippen LogP contribution in [-0.2, 0) is 17.7 Å². The lowest BCUT2D eigenvalue weighted by Crippen LogP contribution is -2.60. The molecule has 0 spiro atoms. The summed E-state index contributed by atoms with van der Waals surface area (Å²) in [7, 11) is 0. The highest BCUT2D eigenvalue weighted by Crippen LogP contribution is 2.37. The molecule has 0 aliphatic carbocycles. The van der Waals surface area contributed by atoms with E-state index in [1.165, 1.54) is 6.26 Å². The van der Waals surface area contributed by atoms with Crippen LogP contribution in [0.15, 0.2) is 10.7 Å². The van der Waals surface area contributed by atoms with Crippen LogP contribution in [0, 0.1) is 5.92 Å². The summed E-state index contributed by atoms with van der Waals surface area (Å²) in [6, 6.07) is 0.290. The molecule has 3 atom stereocenters. The number of aryl methyl sites for hydroxylation is 1. The van der Waals surface area contributed by atoms with Crippen LogP contribution in [0.3, 0.4) is 0 Å². The maximum absolute atomic E-state index is 13.7. The molecule has 0 saturated carbocycles. The van der Waals surface area contributed by atoms with Gasteiger partial charge in [0.15, 0.2) is 17.4 Å². The minimum Gasteiger partial charge on any atom is -0.448 e. The van der Waals surface area contributed by atoms with Crippen LogP contribution < -0.4 is 5.32 Å². The molecule has 5 heterocycles. The summed E-state index contributed by atoms with van der Waals surface area (Å²) in [6.45, 7) is 13.0. The van der Waals surface area contributed by atoms with E-state index in [-0.39, 0.29) is 29.7 Å². The van der Waals surface area contributed by atoms with Crippen LogP contribution in [0.25, 0.3) is 0 Å². The van der Waals surface area contributed by atoms with Crippen LogP contribution in [0.2, 0.25) is 0 Å². The number of carbonyl (C=O) groups is 2. The second-order valence-electron chi connectivity index (χ2n) is 10.3. The predicted molar refractivity (Wildman–Crippen MR) is 133 cm³/mol. The number of nitrogens with zero attached hydrogens (tertiary/aromatic N) is 5. The number of aromatic nitrogens is 3. The molecule has 2 aromatic rings. The van der Waals surface area contributed by atoms with Crippen molar-refractivity contribution in [2.24, 2.45) is 5.92 Å². The van der Waals surface area contributed by atoms with Gasteiger partial charge in [0.05, 0.1) is 18.3 Å². The van der Waals surface area contributed by atoms with Gasteiger partial charge in [-0.25, -0.2) is 9.78 Å². The Kier molecular flexibility index (Phi) is 7.03. The molecular formula is C25H37N7O4. The van der Waals surface area contributed by atoms with Crippen molar-refractivity contribution in [2.45, 2.75) is 71.6 Å². The highest BCUT2D eigenvalue weighted by atomic mass is 16.5. The molecule has 2 saturated heterocycles. The molecule has 3 amide bonds. The molecule has 0 bridgehead atoms. The number of hydrogen-bond donors (Lipinski definition) is 2. The summed E-state index contributed by atoms with van der Waals surface area (Å²) in [5, 5.41) is 10.2. The van der Waals surface area contributed by atoms with Gasteiger partial charge in [0, 0.05) is 56.9 Å². The summed E-state index contributed by atoms with van der Waals surface area (Å²) in [4.78, 5) is 36.9. The fraction of sp³-hybridized carbons (Fsp3) is 0.680. The van der Waals surface area contributed by atoms with E-state index in [0.29, 0.717) is 43.2 Å². The van der Waals surface area contributed by atoms with E-state index in [2.05, 4.69) is 39.2 Å². The van der Waals surface area contributed by atoms with Gasteiger partial charge in [0.1, 0.15) is 6.26 Å². The number of rotatable bonds is 5. The zero-order chi connectivity index (χ0) is 25.4. The summed E-state index contributed by atoms with van der Waals surface area (Å²) in [5.41, 5.74) is 1.90. The summed E-state index contributed by atoms with van der Waals surface area (Å²) in [5.74, 6) is 1.23. The van der Waals surface area contributed by atoms with Crippen molar-refractivity contribution in [1.29, 1.82) is 0 Å². The molecule has 36 heavy (non-hydrogen) atoms. The minimum atomic E-state index is -0.381. The van der Waals surface area contributed by atoms with Gasteiger partial charge in [-0.1, -0.05) is 6.92 Å². The molecule has 0 aromatic carbocycles. The number of ether oxygens (including phenoxy) is 1. The molecule has 2 N–H and O–H groups in total. The number of amides is 3. The third-order valence-electron chi connectivity index (χ3n) is 7.87. The number of urea groups is 1. The fourth-order valence-corrected chi connectivity index (χ4v) is 5.58. The lowest BCUT2D eigenvalue weighted by Gasteiger charge is -2.46. The molecule has 3 unspecified atom stereocenters. The molecule has 11 heteroatoms. The van der Waals surface area contributed by atoms with Gasteiger partial charge in [0.25, 0.3) is 5.91 Å².